The average molecular weight is 507 g/mol. The number of likely N-dealkylation sites (N-methyl/N-ethyl adjacent to an activating group) is 2. The molecule has 0 bridgehead atoms. The minimum Gasteiger partial charge on any atom is -0.465 e. The molecule has 2 aromatic rings. The van der Waals surface area contributed by atoms with Gasteiger partial charge in [-0.15, -0.1) is 0 Å². The molecule has 12 heteroatoms. The number of aliphatic imine (C=N–C) groups is 1. The predicted molar refractivity (Wildman–Crippen MR) is 124 cm³/mol. The molecule has 1 aliphatic rings. The van der Waals surface area contributed by atoms with Crippen LogP contribution in [-0.2, 0) is 21.4 Å². The van der Waals surface area contributed by atoms with Crippen molar-refractivity contribution in [3.8, 4) is 0 Å². The molecule has 1 heterocycles. The summed E-state index contributed by atoms with van der Waals surface area (Å²) in [6.07, 6.45) is 1.40. The van der Waals surface area contributed by atoms with Gasteiger partial charge in [-0.25, -0.2) is 22.0 Å². The summed E-state index contributed by atoms with van der Waals surface area (Å²) in [7, 11) is -1.72. The first-order chi connectivity index (χ1) is 16.5. The number of carboxylic acid groups (broad SMARTS) is 1. The number of hydrogen-bond donors (Lipinski definition) is 1. The fraction of sp³-hybridized carbons (Fsp3) is 0.261. The molecular weight excluding hydrogens is 482 g/mol. The van der Waals surface area contributed by atoms with Crippen molar-refractivity contribution in [2.24, 2.45) is 4.99 Å². The highest BCUT2D eigenvalue weighted by Crippen LogP contribution is 2.21. The molecule has 3 rings (SSSR count). The van der Waals surface area contributed by atoms with E-state index < -0.39 is 38.6 Å². The van der Waals surface area contributed by atoms with Crippen LogP contribution in [0.4, 0.5) is 13.6 Å². The van der Waals surface area contributed by atoms with Gasteiger partial charge in [0.25, 0.3) is 0 Å². The molecule has 9 nitrogen and oxygen atoms in total. The molecule has 2 aromatic carbocycles. The van der Waals surface area contributed by atoms with Crippen molar-refractivity contribution >= 4 is 27.9 Å². The summed E-state index contributed by atoms with van der Waals surface area (Å²) in [5.41, 5.74) is 1.44. The van der Waals surface area contributed by atoms with Crippen molar-refractivity contribution in [3.05, 3.63) is 77.4 Å². The van der Waals surface area contributed by atoms with Gasteiger partial charge in [0.2, 0.25) is 15.9 Å². The highest BCUT2D eigenvalue weighted by Gasteiger charge is 2.27. The molecular formula is C23H24F2N4O5S. The van der Waals surface area contributed by atoms with E-state index in [1.165, 1.54) is 22.0 Å². The van der Waals surface area contributed by atoms with Gasteiger partial charge in [0, 0.05) is 38.8 Å². The van der Waals surface area contributed by atoms with Crippen LogP contribution in [-0.4, -0.2) is 79.2 Å². The molecule has 2 amide bonds. The van der Waals surface area contributed by atoms with E-state index in [4.69, 9.17) is 0 Å². The Morgan fingerprint density at radius 1 is 1.11 bits per heavy atom. The van der Waals surface area contributed by atoms with E-state index in [0.717, 1.165) is 35.1 Å². The molecule has 186 valence electrons. The predicted octanol–water partition coefficient (Wildman–Crippen LogP) is 2.54. The summed E-state index contributed by atoms with van der Waals surface area (Å²) < 4.78 is 53.4. The molecule has 0 aromatic heterocycles. The number of nitrogens with zero attached hydrogens (tertiary/aromatic N) is 4. The Labute approximate surface area is 201 Å². The highest BCUT2D eigenvalue weighted by molar-refractivity contribution is 7.89. The maximum atomic E-state index is 13.9. The molecule has 0 unspecified atom stereocenters. The standard InChI is InChI=1S/C23H24F2N4O5S/c1-27(15-16-8-10-17(11-9-16)22-26-12-14-29(22)23(31)32)20(30)7-4-13-28(2)35(33,34)21-18(24)5-3-6-19(21)25/h3-11H,12-15H2,1-2H3,(H,31,32)/b7-4+. The van der Waals surface area contributed by atoms with Crippen molar-refractivity contribution in [2.45, 2.75) is 11.4 Å². The second-order valence-corrected chi connectivity index (χ2v) is 9.75. The van der Waals surface area contributed by atoms with E-state index in [9.17, 15) is 31.9 Å². The average Bonchev–Trinajstić information content (AvgIpc) is 3.29. The van der Waals surface area contributed by atoms with Crippen LogP contribution in [0.3, 0.4) is 0 Å². The first-order valence-corrected chi connectivity index (χ1v) is 11.9. The fourth-order valence-corrected chi connectivity index (χ4v) is 4.63. The third-order valence-electron chi connectivity index (χ3n) is 5.29. The molecule has 0 atom stereocenters. The molecule has 1 aliphatic heterocycles. The Balaban J connectivity index is 1.58. The maximum Gasteiger partial charge on any atom is 0.413 e. The van der Waals surface area contributed by atoms with Crippen molar-refractivity contribution in [1.29, 1.82) is 0 Å². The number of rotatable bonds is 8. The van der Waals surface area contributed by atoms with Gasteiger partial charge in [-0.1, -0.05) is 36.4 Å². The highest BCUT2D eigenvalue weighted by atomic mass is 32.2. The zero-order chi connectivity index (χ0) is 25.8. The van der Waals surface area contributed by atoms with Crippen LogP contribution in [0.15, 0.2) is 64.5 Å². The van der Waals surface area contributed by atoms with Gasteiger partial charge < -0.3 is 10.0 Å². The van der Waals surface area contributed by atoms with E-state index in [0.29, 0.717) is 24.5 Å². The minimum atomic E-state index is -4.43. The lowest BCUT2D eigenvalue weighted by molar-refractivity contribution is -0.125. The number of carbonyl (C=O) groups excluding carboxylic acids is 1. The molecule has 0 radical (unpaired) electrons. The summed E-state index contributed by atoms with van der Waals surface area (Å²) in [5.74, 6) is -2.42. The number of halogens is 2. The normalized spacial score (nSPS) is 14.0. The van der Waals surface area contributed by atoms with Gasteiger partial charge in [0.15, 0.2) is 4.90 Å². The lowest BCUT2D eigenvalue weighted by atomic mass is 10.1. The zero-order valence-corrected chi connectivity index (χ0v) is 19.9. The molecule has 0 aliphatic carbocycles. The monoisotopic (exact) mass is 506 g/mol. The Morgan fingerprint density at radius 3 is 2.34 bits per heavy atom. The quantitative estimate of drug-likeness (QED) is 0.554. The van der Waals surface area contributed by atoms with Gasteiger partial charge >= 0.3 is 6.09 Å². The number of benzene rings is 2. The lowest BCUT2D eigenvalue weighted by Crippen LogP contribution is -2.33. The topological polar surface area (TPSA) is 111 Å². The Morgan fingerprint density at radius 2 is 1.74 bits per heavy atom. The second-order valence-electron chi connectivity index (χ2n) is 7.77. The summed E-state index contributed by atoms with van der Waals surface area (Å²) in [6, 6.07) is 9.75. The molecule has 0 saturated heterocycles. The molecule has 1 N–H and O–H groups in total. The van der Waals surface area contributed by atoms with Crippen LogP contribution in [0.1, 0.15) is 11.1 Å². The first kappa shape index (κ1) is 26.0. The smallest absolute Gasteiger partial charge is 0.413 e. The zero-order valence-electron chi connectivity index (χ0n) is 19.1. The summed E-state index contributed by atoms with van der Waals surface area (Å²) >= 11 is 0. The fourth-order valence-electron chi connectivity index (χ4n) is 3.40. The van der Waals surface area contributed by atoms with Gasteiger partial charge in [-0.2, -0.15) is 4.31 Å². The van der Waals surface area contributed by atoms with Gasteiger partial charge in [0.1, 0.15) is 17.5 Å². The van der Waals surface area contributed by atoms with Gasteiger partial charge in [-0.3, -0.25) is 14.7 Å². The number of amidine groups is 1. The third-order valence-corrected chi connectivity index (χ3v) is 7.17. The van der Waals surface area contributed by atoms with Crippen molar-refractivity contribution in [3.63, 3.8) is 0 Å². The summed E-state index contributed by atoms with van der Waals surface area (Å²) in [4.78, 5) is 29.4. The van der Waals surface area contributed by atoms with E-state index in [2.05, 4.69) is 4.99 Å². The van der Waals surface area contributed by atoms with E-state index in [-0.39, 0.29) is 13.1 Å². The Hall–Kier alpha value is -3.64. The van der Waals surface area contributed by atoms with Crippen LogP contribution in [0.2, 0.25) is 0 Å². The van der Waals surface area contributed by atoms with Crippen molar-refractivity contribution in [1.82, 2.24) is 14.1 Å². The van der Waals surface area contributed by atoms with Crippen LogP contribution in [0.25, 0.3) is 0 Å². The van der Waals surface area contributed by atoms with Crippen molar-refractivity contribution < 1.29 is 31.9 Å². The van der Waals surface area contributed by atoms with Gasteiger partial charge in [-0.05, 0) is 17.7 Å². The summed E-state index contributed by atoms with van der Waals surface area (Å²) in [5, 5.41) is 9.24. The van der Waals surface area contributed by atoms with Crippen LogP contribution < -0.4 is 0 Å². The lowest BCUT2D eigenvalue weighted by Gasteiger charge is -2.18. The Bertz CT molecular complexity index is 1260. The van der Waals surface area contributed by atoms with Crippen LogP contribution in [0.5, 0.6) is 0 Å². The molecule has 0 fully saturated rings. The second kappa shape index (κ2) is 10.7. The SMILES string of the molecule is CN(Cc1ccc(C2=NCCN2C(=O)O)cc1)C(=O)/C=C/CN(C)S(=O)(=O)c1c(F)cccc1F. The minimum absolute atomic E-state index is 0.243. The number of sulfonamides is 1. The molecule has 35 heavy (non-hydrogen) atoms. The van der Waals surface area contributed by atoms with Crippen LogP contribution in [0, 0.1) is 11.6 Å². The largest absolute Gasteiger partial charge is 0.465 e. The molecule has 0 saturated carbocycles. The number of hydrogen-bond acceptors (Lipinski definition) is 5. The van der Waals surface area contributed by atoms with Crippen LogP contribution >= 0.6 is 0 Å². The number of carbonyl (C=O) groups is 2. The third kappa shape index (κ3) is 5.89. The van der Waals surface area contributed by atoms with Gasteiger partial charge in [0.05, 0.1) is 13.1 Å². The number of amides is 2. The first-order valence-electron chi connectivity index (χ1n) is 10.5. The van der Waals surface area contributed by atoms with E-state index in [1.807, 2.05) is 0 Å². The molecule has 0 spiro atoms. The summed E-state index contributed by atoms with van der Waals surface area (Å²) in [6.45, 7) is 0.681. The Kier molecular flexibility index (Phi) is 7.97. The van der Waals surface area contributed by atoms with E-state index >= 15 is 0 Å². The van der Waals surface area contributed by atoms with E-state index in [1.54, 1.807) is 31.3 Å². The van der Waals surface area contributed by atoms with Crippen molar-refractivity contribution in [2.75, 3.05) is 33.7 Å². The maximum absolute atomic E-state index is 13.9.